The maximum absolute atomic E-state index is 12.2. The zero-order valence-electron chi connectivity index (χ0n) is 12.4. The summed E-state index contributed by atoms with van der Waals surface area (Å²) in [6.45, 7) is 0. The van der Waals surface area contributed by atoms with Gasteiger partial charge in [0, 0.05) is 18.2 Å². The molecule has 1 aromatic carbocycles. The van der Waals surface area contributed by atoms with Gasteiger partial charge in [-0.05, 0) is 47.4 Å². The third-order valence-electron chi connectivity index (χ3n) is 4.16. The van der Waals surface area contributed by atoms with Crippen LogP contribution < -0.4 is 11.1 Å². The Labute approximate surface area is 128 Å². The molecule has 1 aromatic heterocycles. The Bertz CT molecular complexity index is 627. The lowest BCUT2D eigenvalue weighted by molar-refractivity contribution is -0.117. The highest BCUT2D eigenvalue weighted by Gasteiger charge is 2.24. The van der Waals surface area contributed by atoms with Crippen molar-refractivity contribution in [2.24, 2.45) is 11.7 Å². The van der Waals surface area contributed by atoms with Crippen molar-refractivity contribution in [1.29, 1.82) is 0 Å². The summed E-state index contributed by atoms with van der Waals surface area (Å²) >= 11 is 0. The summed E-state index contributed by atoms with van der Waals surface area (Å²) in [7, 11) is 0. The molecular formula is C15H20N6O. The zero-order chi connectivity index (χ0) is 15.4. The number of aromatic nitrogens is 4. The lowest BCUT2D eigenvalue weighted by atomic mass is 9.83. The average molecular weight is 300 g/mol. The van der Waals surface area contributed by atoms with Gasteiger partial charge in [-0.3, -0.25) is 4.79 Å². The molecule has 2 aromatic rings. The van der Waals surface area contributed by atoms with Gasteiger partial charge in [-0.25, -0.2) is 4.68 Å². The second-order valence-electron chi connectivity index (χ2n) is 5.77. The monoisotopic (exact) mass is 300 g/mol. The average Bonchev–Trinajstić information content (AvgIpc) is 3.04. The Kier molecular flexibility index (Phi) is 4.43. The van der Waals surface area contributed by atoms with E-state index in [0.29, 0.717) is 6.42 Å². The van der Waals surface area contributed by atoms with Gasteiger partial charge in [-0.2, -0.15) is 0 Å². The second-order valence-corrected chi connectivity index (χ2v) is 5.77. The number of carbonyl (C=O) groups is 1. The molecule has 0 radical (unpaired) electrons. The number of hydrogen-bond donors (Lipinski definition) is 2. The molecule has 7 nitrogen and oxygen atoms in total. The molecule has 0 saturated heterocycles. The molecule has 0 bridgehead atoms. The second kappa shape index (κ2) is 6.65. The quantitative estimate of drug-likeness (QED) is 0.891. The zero-order valence-corrected chi connectivity index (χ0v) is 12.4. The number of hydrogen-bond acceptors (Lipinski definition) is 5. The number of carbonyl (C=O) groups excluding carboxylic acids is 1. The number of nitrogens with zero attached hydrogens (tertiary/aromatic N) is 4. The molecule has 7 heteroatoms. The van der Waals surface area contributed by atoms with Gasteiger partial charge in [-0.15, -0.1) is 5.10 Å². The summed E-state index contributed by atoms with van der Waals surface area (Å²) < 4.78 is 1.55. The standard InChI is InChI=1S/C15H20N6O/c16-14-7-2-1-4-11(14)8-15(22)18-12-5-3-6-13(9-12)21-10-17-19-20-21/h3,5-6,9-11,14H,1-2,4,7-8,16H2,(H,18,22). The molecule has 0 spiro atoms. The third kappa shape index (κ3) is 3.48. The van der Waals surface area contributed by atoms with Crippen LogP contribution in [0.4, 0.5) is 5.69 Å². The molecule has 22 heavy (non-hydrogen) atoms. The highest BCUT2D eigenvalue weighted by atomic mass is 16.1. The van der Waals surface area contributed by atoms with E-state index in [9.17, 15) is 4.79 Å². The minimum atomic E-state index is 0.0104. The van der Waals surface area contributed by atoms with Crippen molar-refractivity contribution in [2.75, 3.05) is 5.32 Å². The molecule has 0 aliphatic heterocycles. The molecule has 2 atom stereocenters. The largest absolute Gasteiger partial charge is 0.327 e. The maximum Gasteiger partial charge on any atom is 0.224 e. The van der Waals surface area contributed by atoms with Gasteiger partial charge in [0.2, 0.25) is 5.91 Å². The normalized spacial score (nSPS) is 21.5. The van der Waals surface area contributed by atoms with Gasteiger partial charge >= 0.3 is 0 Å². The third-order valence-corrected chi connectivity index (χ3v) is 4.16. The molecule has 2 unspecified atom stereocenters. The van der Waals surface area contributed by atoms with E-state index in [4.69, 9.17) is 5.73 Å². The summed E-state index contributed by atoms with van der Waals surface area (Å²) in [6, 6.07) is 7.58. The number of rotatable bonds is 4. The molecule has 1 saturated carbocycles. The van der Waals surface area contributed by atoms with E-state index in [1.165, 1.54) is 19.2 Å². The van der Waals surface area contributed by atoms with Gasteiger partial charge in [0.1, 0.15) is 6.33 Å². The van der Waals surface area contributed by atoms with E-state index in [0.717, 1.165) is 24.2 Å². The Hall–Kier alpha value is -2.28. The van der Waals surface area contributed by atoms with Crippen LogP contribution >= 0.6 is 0 Å². The Morgan fingerprint density at radius 1 is 1.36 bits per heavy atom. The van der Waals surface area contributed by atoms with Gasteiger partial charge in [-0.1, -0.05) is 18.9 Å². The first-order valence-electron chi connectivity index (χ1n) is 7.61. The number of benzene rings is 1. The Morgan fingerprint density at radius 3 is 3.00 bits per heavy atom. The van der Waals surface area contributed by atoms with Crippen LogP contribution in [0.2, 0.25) is 0 Å². The summed E-state index contributed by atoms with van der Waals surface area (Å²) in [5.41, 5.74) is 7.64. The van der Waals surface area contributed by atoms with Gasteiger partial charge in [0.05, 0.1) is 5.69 Å². The molecule has 116 valence electrons. The van der Waals surface area contributed by atoms with Gasteiger partial charge in [0.25, 0.3) is 0 Å². The summed E-state index contributed by atoms with van der Waals surface area (Å²) in [6.07, 6.45) is 6.40. The Balaban J connectivity index is 1.63. The van der Waals surface area contributed by atoms with Crippen molar-refractivity contribution in [3.8, 4) is 5.69 Å². The van der Waals surface area contributed by atoms with Crippen molar-refractivity contribution in [2.45, 2.75) is 38.1 Å². The minimum absolute atomic E-state index is 0.0104. The summed E-state index contributed by atoms with van der Waals surface area (Å²) in [4.78, 5) is 12.2. The first-order valence-corrected chi connectivity index (χ1v) is 7.61. The van der Waals surface area contributed by atoms with Crippen molar-refractivity contribution in [3.63, 3.8) is 0 Å². The first-order chi connectivity index (χ1) is 10.7. The lowest BCUT2D eigenvalue weighted by Crippen LogP contribution is -2.35. The maximum atomic E-state index is 12.2. The number of nitrogens with two attached hydrogens (primary N) is 1. The van der Waals surface area contributed by atoms with E-state index in [2.05, 4.69) is 20.8 Å². The van der Waals surface area contributed by atoms with E-state index in [-0.39, 0.29) is 17.9 Å². The molecule has 3 rings (SSSR count). The molecule has 1 aliphatic rings. The Morgan fingerprint density at radius 2 is 2.23 bits per heavy atom. The fraction of sp³-hybridized carbons (Fsp3) is 0.467. The predicted octanol–water partition coefficient (Wildman–Crippen LogP) is 1.51. The highest BCUT2D eigenvalue weighted by molar-refractivity contribution is 5.91. The van der Waals surface area contributed by atoms with Crippen LogP contribution in [0.15, 0.2) is 30.6 Å². The summed E-state index contributed by atoms with van der Waals surface area (Å²) in [5, 5.41) is 14.0. The van der Waals surface area contributed by atoms with E-state index in [1.54, 1.807) is 4.68 Å². The summed E-state index contributed by atoms with van der Waals surface area (Å²) in [5.74, 6) is 0.299. The van der Waals surface area contributed by atoms with Crippen LogP contribution in [-0.2, 0) is 4.79 Å². The van der Waals surface area contributed by atoms with Crippen molar-refractivity contribution >= 4 is 11.6 Å². The first kappa shape index (κ1) is 14.6. The number of anilines is 1. The van der Waals surface area contributed by atoms with E-state index < -0.39 is 0 Å². The molecule has 1 heterocycles. The van der Waals surface area contributed by atoms with Gasteiger partial charge < -0.3 is 11.1 Å². The topological polar surface area (TPSA) is 98.7 Å². The van der Waals surface area contributed by atoms with Crippen molar-refractivity contribution in [3.05, 3.63) is 30.6 Å². The van der Waals surface area contributed by atoms with Crippen LogP contribution in [0, 0.1) is 5.92 Å². The molecule has 1 amide bonds. The molecule has 1 fully saturated rings. The van der Waals surface area contributed by atoms with E-state index in [1.807, 2.05) is 24.3 Å². The van der Waals surface area contributed by atoms with Crippen LogP contribution in [0.3, 0.4) is 0 Å². The van der Waals surface area contributed by atoms with Crippen molar-refractivity contribution in [1.82, 2.24) is 20.2 Å². The molecule has 1 aliphatic carbocycles. The van der Waals surface area contributed by atoms with E-state index >= 15 is 0 Å². The lowest BCUT2D eigenvalue weighted by Gasteiger charge is -2.27. The molecule has 3 N–H and O–H groups in total. The molecular weight excluding hydrogens is 280 g/mol. The number of amides is 1. The fourth-order valence-corrected chi connectivity index (χ4v) is 2.95. The number of tetrazole rings is 1. The van der Waals surface area contributed by atoms with Crippen LogP contribution in [0.25, 0.3) is 5.69 Å². The smallest absolute Gasteiger partial charge is 0.224 e. The SMILES string of the molecule is NC1CCCCC1CC(=O)Nc1cccc(-n2cnnn2)c1. The number of nitrogens with one attached hydrogen (secondary N) is 1. The van der Waals surface area contributed by atoms with Gasteiger partial charge in [0.15, 0.2) is 0 Å². The van der Waals surface area contributed by atoms with Crippen molar-refractivity contribution < 1.29 is 4.79 Å². The minimum Gasteiger partial charge on any atom is -0.327 e. The van der Waals surface area contributed by atoms with Crippen LogP contribution in [0.5, 0.6) is 0 Å². The highest BCUT2D eigenvalue weighted by Crippen LogP contribution is 2.26. The van der Waals surface area contributed by atoms with Crippen LogP contribution in [0.1, 0.15) is 32.1 Å². The van der Waals surface area contributed by atoms with Crippen LogP contribution in [-0.4, -0.2) is 32.2 Å². The fourth-order valence-electron chi connectivity index (χ4n) is 2.95. The predicted molar refractivity (Wildman–Crippen MR) is 82.3 cm³/mol.